The Morgan fingerprint density at radius 2 is 1.59 bits per heavy atom. The Hall–Kier alpha value is -0.905. The molecule has 0 amide bonds. The molecule has 1 aromatic carbocycles. The van der Waals surface area contributed by atoms with E-state index < -0.39 is 18.3 Å². The minimum absolute atomic E-state index is 0.373. The van der Waals surface area contributed by atoms with Crippen LogP contribution >= 0.6 is 0 Å². The minimum atomic E-state index is -1.20. The normalized spacial score (nSPS) is 12.6. The van der Waals surface area contributed by atoms with Crippen LogP contribution < -0.4 is 5.46 Å². The van der Waals surface area contributed by atoms with Gasteiger partial charge in [0.15, 0.2) is 0 Å². The first-order valence-electron chi connectivity index (χ1n) is 5.47. The molecule has 0 aromatic heterocycles. The highest BCUT2D eigenvalue weighted by molar-refractivity contribution is 6.60. The van der Waals surface area contributed by atoms with E-state index in [1.165, 1.54) is 24.3 Å². The molecule has 94 valence electrons. The Morgan fingerprint density at radius 3 is 2.00 bits per heavy atom. The van der Waals surface area contributed by atoms with Crippen LogP contribution in [0, 0.1) is 5.82 Å². The second kappa shape index (κ2) is 4.76. The van der Waals surface area contributed by atoms with E-state index in [1.807, 2.05) is 0 Å². The number of hydrogen-bond acceptors (Lipinski definition) is 3. The topological polar surface area (TPSA) is 49.7 Å². The SMILES string of the molecule is CC(C)(O)C(C)(C)OB(O)c1ccc(F)cc1. The maximum atomic E-state index is 12.7. The van der Waals surface area contributed by atoms with Gasteiger partial charge in [-0.25, -0.2) is 4.39 Å². The monoisotopic (exact) mass is 240 g/mol. The predicted octanol–water partition coefficient (Wildman–Crippen LogP) is 1.08. The quantitative estimate of drug-likeness (QED) is 0.774. The largest absolute Gasteiger partial charge is 0.491 e. The van der Waals surface area contributed by atoms with Gasteiger partial charge < -0.3 is 14.8 Å². The fourth-order valence-electron chi connectivity index (χ4n) is 1.12. The molecule has 17 heavy (non-hydrogen) atoms. The molecule has 1 aromatic rings. The fourth-order valence-corrected chi connectivity index (χ4v) is 1.12. The lowest BCUT2D eigenvalue weighted by Crippen LogP contribution is -2.53. The van der Waals surface area contributed by atoms with Crippen molar-refractivity contribution in [3.05, 3.63) is 30.1 Å². The summed E-state index contributed by atoms with van der Waals surface area (Å²) in [7, 11) is -1.20. The van der Waals surface area contributed by atoms with Gasteiger partial charge in [0, 0.05) is 0 Å². The van der Waals surface area contributed by atoms with Crippen molar-refractivity contribution in [2.24, 2.45) is 0 Å². The minimum Gasteiger partial charge on any atom is -0.423 e. The highest BCUT2D eigenvalue weighted by Gasteiger charge is 2.39. The van der Waals surface area contributed by atoms with E-state index in [1.54, 1.807) is 27.7 Å². The first-order valence-corrected chi connectivity index (χ1v) is 5.47. The van der Waals surface area contributed by atoms with E-state index >= 15 is 0 Å². The van der Waals surface area contributed by atoms with Crippen LogP contribution in [0.15, 0.2) is 24.3 Å². The number of rotatable bonds is 4. The van der Waals surface area contributed by atoms with Gasteiger partial charge in [-0.3, -0.25) is 0 Å². The summed E-state index contributed by atoms with van der Waals surface area (Å²) >= 11 is 0. The molecule has 3 nitrogen and oxygen atoms in total. The fraction of sp³-hybridized carbons (Fsp3) is 0.500. The van der Waals surface area contributed by atoms with Gasteiger partial charge in [0.2, 0.25) is 0 Å². The summed E-state index contributed by atoms with van der Waals surface area (Å²) in [6.45, 7) is 6.56. The zero-order valence-electron chi connectivity index (χ0n) is 10.6. The molecule has 0 bridgehead atoms. The molecule has 5 heteroatoms. The van der Waals surface area contributed by atoms with Gasteiger partial charge >= 0.3 is 7.12 Å². The van der Waals surface area contributed by atoms with Crippen LogP contribution in [-0.4, -0.2) is 28.5 Å². The zero-order chi connectivity index (χ0) is 13.3. The van der Waals surface area contributed by atoms with Gasteiger partial charge in [-0.2, -0.15) is 0 Å². The van der Waals surface area contributed by atoms with Crippen molar-refractivity contribution in [1.29, 1.82) is 0 Å². The third-order valence-corrected chi connectivity index (χ3v) is 3.03. The van der Waals surface area contributed by atoms with Gasteiger partial charge in [-0.1, -0.05) is 12.1 Å². The molecule has 0 saturated carbocycles. The van der Waals surface area contributed by atoms with Crippen LogP contribution in [0.25, 0.3) is 0 Å². The summed E-state index contributed by atoms with van der Waals surface area (Å²) < 4.78 is 18.1. The van der Waals surface area contributed by atoms with E-state index in [-0.39, 0.29) is 5.82 Å². The number of benzene rings is 1. The molecule has 0 atom stereocenters. The Bertz CT molecular complexity index is 370. The predicted molar refractivity (Wildman–Crippen MR) is 65.5 cm³/mol. The lowest BCUT2D eigenvalue weighted by molar-refractivity contribution is -0.0982. The Morgan fingerprint density at radius 1 is 1.12 bits per heavy atom. The number of halogens is 1. The van der Waals surface area contributed by atoms with E-state index in [4.69, 9.17) is 4.65 Å². The van der Waals surface area contributed by atoms with E-state index in [2.05, 4.69) is 0 Å². The van der Waals surface area contributed by atoms with Crippen LogP contribution in [0.5, 0.6) is 0 Å². The van der Waals surface area contributed by atoms with Crippen molar-refractivity contribution in [2.75, 3.05) is 0 Å². The number of hydrogen-bond donors (Lipinski definition) is 2. The Kier molecular flexibility index (Phi) is 3.97. The van der Waals surface area contributed by atoms with Crippen molar-refractivity contribution in [2.45, 2.75) is 38.9 Å². The maximum absolute atomic E-state index is 12.7. The molecule has 0 aliphatic heterocycles. The summed E-state index contributed by atoms with van der Waals surface area (Å²) in [5.41, 5.74) is -1.59. The molecule has 0 aliphatic carbocycles. The molecule has 0 spiro atoms. The molecule has 2 N–H and O–H groups in total. The van der Waals surface area contributed by atoms with Gasteiger partial charge in [-0.15, -0.1) is 0 Å². The molecular formula is C12H18BFO3. The summed E-state index contributed by atoms with van der Waals surface area (Å²) in [4.78, 5) is 0. The van der Waals surface area contributed by atoms with Crippen molar-refractivity contribution in [1.82, 2.24) is 0 Å². The summed E-state index contributed by atoms with van der Waals surface area (Å²) in [6.07, 6.45) is 0. The standard InChI is InChI=1S/C12H18BFO3/c1-11(2,15)12(3,4)17-13(16)9-5-7-10(14)8-6-9/h5-8,15-16H,1-4H3. The molecular weight excluding hydrogens is 222 g/mol. The van der Waals surface area contributed by atoms with Crippen LogP contribution in [0.2, 0.25) is 0 Å². The molecule has 1 rings (SSSR count). The summed E-state index contributed by atoms with van der Waals surface area (Å²) in [5, 5.41) is 19.7. The van der Waals surface area contributed by atoms with E-state index in [9.17, 15) is 14.5 Å². The van der Waals surface area contributed by atoms with Crippen molar-refractivity contribution in [3.8, 4) is 0 Å². The smallest absolute Gasteiger partial charge is 0.423 e. The average Bonchev–Trinajstić information content (AvgIpc) is 2.16. The van der Waals surface area contributed by atoms with E-state index in [0.29, 0.717) is 5.46 Å². The maximum Gasteiger partial charge on any atom is 0.491 e. The molecule has 0 heterocycles. The Labute approximate surface area is 101 Å². The van der Waals surface area contributed by atoms with Crippen LogP contribution in [-0.2, 0) is 4.65 Å². The second-order valence-corrected chi connectivity index (χ2v) is 5.09. The lowest BCUT2D eigenvalue weighted by Gasteiger charge is -2.38. The Balaban J connectivity index is 2.79. The van der Waals surface area contributed by atoms with E-state index in [0.717, 1.165) is 0 Å². The average molecular weight is 240 g/mol. The van der Waals surface area contributed by atoms with Crippen molar-refractivity contribution in [3.63, 3.8) is 0 Å². The lowest BCUT2D eigenvalue weighted by atomic mass is 9.76. The van der Waals surface area contributed by atoms with Gasteiger partial charge in [0.25, 0.3) is 0 Å². The zero-order valence-corrected chi connectivity index (χ0v) is 10.6. The van der Waals surface area contributed by atoms with Gasteiger partial charge in [0.1, 0.15) is 5.82 Å². The second-order valence-electron chi connectivity index (χ2n) is 5.09. The van der Waals surface area contributed by atoms with Crippen molar-refractivity contribution < 1.29 is 19.2 Å². The van der Waals surface area contributed by atoms with Crippen LogP contribution in [0.1, 0.15) is 27.7 Å². The number of aliphatic hydroxyl groups is 1. The first-order chi connectivity index (χ1) is 7.63. The molecule has 0 unspecified atom stereocenters. The molecule has 0 fully saturated rings. The van der Waals surface area contributed by atoms with Gasteiger partial charge in [0.05, 0.1) is 11.2 Å². The molecule has 0 radical (unpaired) electrons. The highest BCUT2D eigenvalue weighted by Crippen LogP contribution is 2.25. The molecule has 0 aliphatic rings. The van der Waals surface area contributed by atoms with Gasteiger partial charge in [-0.05, 0) is 45.3 Å². The third-order valence-electron chi connectivity index (χ3n) is 3.03. The molecule has 0 saturated heterocycles. The highest BCUT2D eigenvalue weighted by atomic mass is 19.1. The van der Waals surface area contributed by atoms with Crippen LogP contribution in [0.4, 0.5) is 4.39 Å². The van der Waals surface area contributed by atoms with Crippen LogP contribution in [0.3, 0.4) is 0 Å². The third kappa shape index (κ3) is 3.53. The summed E-state index contributed by atoms with van der Waals surface area (Å²) in [5.74, 6) is -0.373. The van der Waals surface area contributed by atoms with Crippen molar-refractivity contribution >= 4 is 12.6 Å². The summed E-state index contributed by atoms with van der Waals surface area (Å²) in [6, 6.07) is 5.39. The first kappa shape index (κ1) is 14.2.